The highest BCUT2D eigenvalue weighted by atomic mass is 32.2. The standard InChI is InChI=1S/C16H19NO2S/c1-12-5-3-4-6-16(12)20(18)11-15(17)13-7-9-14(19-2)10-8-13/h3-10,15H,11,17H2,1-2H3. The molecule has 0 aliphatic carbocycles. The fourth-order valence-electron chi connectivity index (χ4n) is 2.01. The molecule has 2 rings (SSSR count). The van der Waals surface area contributed by atoms with E-state index in [-0.39, 0.29) is 6.04 Å². The summed E-state index contributed by atoms with van der Waals surface area (Å²) in [5.41, 5.74) is 8.14. The number of hydrogen-bond donors (Lipinski definition) is 1. The summed E-state index contributed by atoms with van der Waals surface area (Å²) in [4.78, 5) is 0.858. The lowest BCUT2D eigenvalue weighted by Gasteiger charge is -2.13. The molecule has 20 heavy (non-hydrogen) atoms. The van der Waals surface area contributed by atoms with Crippen LogP contribution in [0.4, 0.5) is 0 Å². The van der Waals surface area contributed by atoms with Crippen molar-refractivity contribution in [2.24, 2.45) is 5.73 Å². The van der Waals surface area contributed by atoms with E-state index in [4.69, 9.17) is 10.5 Å². The number of nitrogens with two attached hydrogens (primary N) is 1. The highest BCUT2D eigenvalue weighted by Gasteiger charge is 2.13. The van der Waals surface area contributed by atoms with Gasteiger partial charge in [0.1, 0.15) is 5.75 Å². The smallest absolute Gasteiger partial charge is 0.118 e. The summed E-state index contributed by atoms with van der Waals surface area (Å²) in [6.45, 7) is 1.96. The first-order chi connectivity index (χ1) is 9.61. The van der Waals surface area contributed by atoms with Gasteiger partial charge in [-0.15, -0.1) is 0 Å². The average molecular weight is 289 g/mol. The van der Waals surface area contributed by atoms with Gasteiger partial charge in [-0.1, -0.05) is 30.3 Å². The molecule has 0 bridgehead atoms. The van der Waals surface area contributed by atoms with Crippen LogP contribution in [0.3, 0.4) is 0 Å². The SMILES string of the molecule is COc1ccc(C(N)CS(=O)c2ccccc2C)cc1. The van der Waals surface area contributed by atoms with Gasteiger partial charge >= 0.3 is 0 Å². The predicted octanol–water partition coefficient (Wildman–Crippen LogP) is 2.81. The van der Waals surface area contributed by atoms with E-state index in [2.05, 4.69) is 0 Å². The first kappa shape index (κ1) is 14.8. The van der Waals surface area contributed by atoms with E-state index in [0.29, 0.717) is 5.75 Å². The Morgan fingerprint density at radius 2 is 1.80 bits per heavy atom. The second-order valence-electron chi connectivity index (χ2n) is 4.66. The number of methoxy groups -OCH3 is 1. The number of aryl methyl sites for hydroxylation is 1. The molecule has 0 amide bonds. The van der Waals surface area contributed by atoms with E-state index in [1.165, 1.54) is 0 Å². The average Bonchev–Trinajstić information content (AvgIpc) is 2.47. The quantitative estimate of drug-likeness (QED) is 0.921. The van der Waals surface area contributed by atoms with Gasteiger partial charge in [-0.05, 0) is 36.2 Å². The molecule has 0 aliphatic rings. The summed E-state index contributed by atoms with van der Waals surface area (Å²) in [5, 5.41) is 0. The van der Waals surface area contributed by atoms with Gasteiger partial charge in [0.2, 0.25) is 0 Å². The van der Waals surface area contributed by atoms with Crippen LogP contribution in [-0.4, -0.2) is 17.1 Å². The van der Waals surface area contributed by atoms with Crippen LogP contribution in [0.2, 0.25) is 0 Å². The summed E-state index contributed by atoms with van der Waals surface area (Å²) in [7, 11) is 0.538. The summed E-state index contributed by atoms with van der Waals surface area (Å²) in [5.74, 6) is 1.21. The van der Waals surface area contributed by atoms with Gasteiger partial charge in [-0.3, -0.25) is 4.21 Å². The van der Waals surface area contributed by atoms with Crippen LogP contribution in [0.25, 0.3) is 0 Å². The highest BCUT2D eigenvalue weighted by molar-refractivity contribution is 7.85. The van der Waals surface area contributed by atoms with Crippen molar-refractivity contribution < 1.29 is 8.95 Å². The van der Waals surface area contributed by atoms with E-state index in [9.17, 15) is 4.21 Å². The van der Waals surface area contributed by atoms with Crippen molar-refractivity contribution >= 4 is 10.8 Å². The van der Waals surface area contributed by atoms with E-state index in [0.717, 1.165) is 21.8 Å². The van der Waals surface area contributed by atoms with E-state index in [1.54, 1.807) is 7.11 Å². The topological polar surface area (TPSA) is 52.3 Å². The number of benzene rings is 2. The molecule has 2 aromatic carbocycles. The van der Waals surface area contributed by atoms with Crippen LogP contribution >= 0.6 is 0 Å². The molecule has 0 aliphatic heterocycles. The minimum absolute atomic E-state index is 0.249. The van der Waals surface area contributed by atoms with Gasteiger partial charge in [0, 0.05) is 16.7 Å². The third-order valence-corrected chi connectivity index (χ3v) is 4.82. The summed E-state index contributed by atoms with van der Waals surface area (Å²) >= 11 is 0. The van der Waals surface area contributed by atoms with Crippen molar-refractivity contribution in [3.63, 3.8) is 0 Å². The van der Waals surface area contributed by atoms with Crippen molar-refractivity contribution in [3.05, 3.63) is 59.7 Å². The van der Waals surface area contributed by atoms with Crippen molar-refractivity contribution in [1.29, 1.82) is 0 Å². The molecular formula is C16H19NO2S. The molecule has 106 valence electrons. The van der Waals surface area contributed by atoms with Crippen molar-refractivity contribution in [2.75, 3.05) is 12.9 Å². The Kier molecular flexibility index (Phi) is 4.93. The zero-order valence-corrected chi connectivity index (χ0v) is 12.5. The van der Waals surface area contributed by atoms with E-state index in [1.807, 2.05) is 55.5 Å². The molecule has 0 spiro atoms. The fourth-order valence-corrected chi connectivity index (χ4v) is 3.37. The molecule has 0 aromatic heterocycles. The molecule has 2 N–H and O–H groups in total. The second kappa shape index (κ2) is 6.68. The molecule has 0 heterocycles. The Morgan fingerprint density at radius 3 is 2.40 bits per heavy atom. The lowest BCUT2D eigenvalue weighted by atomic mass is 10.1. The van der Waals surface area contributed by atoms with Crippen molar-refractivity contribution in [1.82, 2.24) is 0 Å². The zero-order valence-electron chi connectivity index (χ0n) is 11.7. The van der Waals surface area contributed by atoms with Crippen molar-refractivity contribution in [3.8, 4) is 5.75 Å². The lowest BCUT2D eigenvalue weighted by molar-refractivity contribution is 0.414. The molecule has 3 nitrogen and oxygen atoms in total. The maximum absolute atomic E-state index is 12.4. The van der Waals surface area contributed by atoms with Crippen molar-refractivity contribution in [2.45, 2.75) is 17.9 Å². The second-order valence-corrected chi connectivity index (χ2v) is 6.12. The first-order valence-corrected chi connectivity index (χ1v) is 7.77. The molecule has 2 aromatic rings. The molecule has 2 atom stereocenters. The first-order valence-electron chi connectivity index (χ1n) is 6.45. The lowest BCUT2D eigenvalue weighted by Crippen LogP contribution is -2.18. The third-order valence-electron chi connectivity index (χ3n) is 3.21. The Balaban J connectivity index is 2.09. The predicted molar refractivity (Wildman–Crippen MR) is 82.4 cm³/mol. The number of rotatable bonds is 5. The molecule has 0 fully saturated rings. The maximum Gasteiger partial charge on any atom is 0.118 e. The zero-order chi connectivity index (χ0) is 14.5. The molecule has 4 heteroatoms. The Labute approximate surface area is 122 Å². The van der Waals surface area contributed by atoms with Gasteiger partial charge in [0.25, 0.3) is 0 Å². The van der Waals surface area contributed by atoms with Crippen LogP contribution in [0.15, 0.2) is 53.4 Å². The van der Waals surface area contributed by atoms with Gasteiger partial charge in [-0.2, -0.15) is 0 Å². The minimum atomic E-state index is -1.09. The normalized spacial score (nSPS) is 13.8. The molecular weight excluding hydrogens is 270 g/mol. The van der Waals surface area contributed by atoms with Crippen LogP contribution in [0.1, 0.15) is 17.2 Å². The maximum atomic E-state index is 12.4. The fraction of sp³-hybridized carbons (Fsp3) is 0.250. The minimum Gasteiger partial charge on any atom is -0.497 e. The highest BCUT2D eigenvalue weighted by Crippen LogP contribution is 2.20. The summed E-state index contributed by atoms with van der Waals surface area (Å²) < 4.78 is 17.5. The van der Waals surface area contributed by atoms with Gasteiger partial charge < -0.3 is 10.5 Å². The van der Waals surface area contributed by atoms with E-state index < -0.39 is 10.8 Å². The Morgan fingerprint density at radius 1 is 1.15 bits per heavy atom. The van der Waals surface area contributed by atoms with Crippen LogP contribution in [0.5, 0.6) is 5.75 Å². The largest absolute Gasteiger partial charge is 0.497 e. The molecule has 0 saturated heterocycles. The number of hydrogen-bond acceptors (Lipinski definition) is 3. The monoisotopic (exact) mass is 289 g/mol. The van der Waals surface area contributed by atoms with E-state index >= 15 is 0 Å². The van der Waals surface area contributed by atoms with Gasteiger partial charge in [0.15, 0.2) is 0 Å². The van der Waals surface area contributed by atoms with Gasteiger partial charge in [-0.25, -0.2) is 0 Å². The number of ether oxygens (including phenoxy) is 1. The Bertz CT molecular complexity index is 596. The molecule has 0 radical (unpaired) electrons. The molecule has 2 unspecified atom stereocenters. The summed E-state index contributed by atoms with van der Waals surface area (Å²) in [6.07, 6.45) is 0. The third kappa shape index (κ3) is 3.46. The summed E-state index contributed by atoms with van der Waals surface area (Å²) in [6, 6.07) is 15.0. The molecule has 0 saturated carbocycles. The van der Waals surface area contributed by atoms with Crippen LogP contribution < -0.4 is 10.5 Å². The Hall–Kier alpha value is -1.65. The van der Waals surface area contributed by atoms with Gasteiger partial charge in [0.05, 0.1) is 17.9 Å². The van der Waals surface area contributed by atoms with Crippen LogP contribution in [0, 0.1) is 6.92 Å². The van der Waals surface area contributed by atoms with Crippen LogP contribution in [-0.2, 0) is 10.8 Å².